The molecule has 0 heterocycles. The van der Waals surface area contributed by atoms with Gasteiger partial charge in [0.25, 0.3) is 0 Å². The highest BCUT2D eigenvalue weighted by Gasteiger charge is 2.25. The van der Waals surface area contributed by atoms with Crippen LogP contribution in [0.25, 0.3) is 0 Å². The van der Waals surface area contributed by atoms with Gasteiger partial charge in [0.2, 0.25) is 5.91 Å². The lowest BCUT2D eigenvalue weighted by molar-refractivity contribution is -0.122. The van der Waals surface area contributed by atoms with E-state index in [0.717, 1.165) is 11.1 Å². The van der Waals surface area contributed by atoms with Crippen LogP contribution in [0.15, 0.2) is 60.7 Å². The van der Waals surface area contributed by atoms with E-state index in [1.54, 1.807) is 6.92 Å². The van der Waals surface area contributed by atoms with Crippen LogP contribution in [0.3, 0.4) is 0 Å². The van der Waals surface area contributed by atoms with Crippen LogP contribution < -0.4 is 11.1 Å². The zero-order valence-electron chi connectivity index (χ0n) is 14.8. The predicted octanol–water partition coefficient (Wildman–Crippen LogP) is 2.24. The Balaban J connectivity index is 2.19. The molecular formula is C20H25N3O3. The molecular weight excluding hydrogens is 330 g/mol. The second-order valence-electron chi connectivity index (χ2n) is 6.27. The third kappa shape index (κ3) is 5.89. The van der Waals surface area contributed by atoms with Crippen LogP contribution in [0.5, 0.6) is 0 Å². The van der Waals surface area contributed by atoms with Crippen molar-refractivity contribution in [1.82, 2.24) is 10.2 Å². The third-order valence-electron chi connectivity index (χ3n) is 4.12. The molecule has 138 valence electrons. The van der Waals surface area contributed by atoms with Gasteiger partial charge in [-0.2, -0.15) is 0 Å². The van der Waals surface area contributed by atoms with Gasteiger partial charge in [0, 0.05) is 13.1 Å². The minimum absolute atomic E-state index is 0.203. The van der Waals surface area contributed by atoms with E-state index in [-0.39, 0.29) is 19.0 Å². The highest BCUT2D eigenvalue weighted by molar-refractivity contribution is 5.81. The number of nitrogens with one attached hydrogen (secondary N) is 1. The summed E-state index contributed by atoms with van der Waals surface area (Å²) >= 11 is 0. The zero-order valence-corrected chi connectivity index (χ0v) is 14.8. The first-order chi connectivity index (χ1) is 12.5. The summed E-state index contributed by atoms with van der Waals surface area (Å²) in [6.45, 7) is 2.05. The lowest BCUT2D eigenvalue weighted by Crippen LogP contribution is -2.49. The number of amides is 2. The summed E-state index contributed by atoms with van der Waals surface area (Å²) in [4.78, 5) is 25.1. The van der Waals surface area contributed by atoms with E-state index >= 15 is 0 Å². The number of benzene rings is 2. The largest absolute Gasteiger partial charge is 0.465 e. The molecule has 26 heavy (non-hydrogen) atoms. The Labute approximate surface area is 153 Å². The molecule has 0 saturated heterocycles. The summed E-state index contributed by atoms with van der Waals surface area (Å²) in [6.07, 6.45) is -0.524. The van der Waals surface area contributed by atoms with Gasteiger partial charge < -0.3 is 16.2 Å². The summed E-state index contributed by atoms with van der Waals surface area (Å²) in [5.74, 6) is -0.298. The summed E-state index contributed by atoms with van der Waals surface area (Å²) < 4.78 is 0. The summed E-state index contributed by atoms with van der Waals surface area (Å²) in [7, 11) is 0. The molecule has 0 aliphatic heterocycles. The molecule has 6 nitrogen and oxygen atoms in total. The molecule has 0 aromatic heterocycles. The number of nitrogens with two attached hydrogens (primary N) is 1. The van der Waals surface area contributed by atoms with E-state index in [1.165, 1.54) is 4.90 Å². The summed E-state index contributed by atoms with van der Waals surface area (Å²) in [6, 6.07) is 18.0. The van der Waals surface area contributed by atoms with Crippen molar-refractivity contribution in [1.29, 1.82) is 0 Å². The van der Waals surface area contributed by atoms with Crippen molar-refractivity contribution in [3.63, 3.8) is 0 Å². The molecule has 0 fully saturated rings. The molecule has 2 atom stereocenters. The highest BCUT2D eigenvalue weighted by atomic mass is 16.4. The molecule has 0 aliphatic carbocycles. The Morgan fingerprint density at radius 1 is 1.04 bits per heavy atom. The smallest absolute Gasteiger partial charge is 0.407 e. The van der Waals surface area contributed by atoms with Gasteiger partial charge in [-0.15, -0.1) is 0 Å². The van der Waals surface area contributed by atoms with Crippen molar-refractivity contribution >= 4 is 12.0 Å². The Morgan fingerprint density at radius 2 is 1.58 bits per heavy atom. The fourth-order valence-electron chi connectivity index (χ4n) is 2.69. The second-order valence-corrected chi connectivity index (χ2v) is 6.27. The molecule has 0 bridgehead atoms. The number of hydrogen-bond donors (Lipinski definition) is 3. The predicted molar refractivity (Wildman–Crippen MR) is 101 cm³/mol. The summed E-state index contributed by atoms with van der Waals surface area (Å²) in [5.41, 5.74) is 7.49. The molecule has 2 rings (SSSR count). The lowest BCUT2D eigenvalue weighted by atomic mass is 10.0. The van der Waals surface area contributed by atoms with Crippen molar-refractivity contribution < 1.29 is 14.7 Å². The average Bonchev–Trinajstić information content (AvgIpc) is 2.64. The molecule has 2 aromatic rings. The van der Waals surface area contributed by atoms with Gasteiger partial charge >= 0.3 is 6.09 Å². The van der Waals surface area contributed by atoms with Crippen molar-refractivity contribution in [2.45, 2.75) is 32.0 Å². The third-order valence-corrected chi connectivity index (χ3v) is 4.12. The number of hydrogen-bond acceptors (Lipinski definition) is 3. The average molecular weight is 355 g/mol. The van der Waals surface area contributed by atoms with Crippen molar-refractivity contribution in [2.24, 2.45) is 5.73 Å². The first-order valence-corrected chi connectivity index (χ1v) is 8.58. The van der Waals surface area contributed by atoms with Crippen LogP contribution in [-0.4, -0.2) is 40.6 Å². The van der Waals surface area contributed by atoms with E-state index < -0.39 is 18.2 Å². The normalized spacial score (nSPS) is 12.8. The number of carboxylic acid groups (broad SMARTS) is 1. The first-order valence-electron chi connectivity index (χ1n) is 8.58. The van der Waals surface area contributed by atoms with Crippen molar-refractivity contribution in [2.75, 3.05) is 6.54 Å². The SMILES string of the molecule is C[C@@H](N)C(=O)NC[C@@H](Cc1ccccc1)N(Cc1ccccc1)C(=O)O. The van der Waals surface area contributed by atoms with Crippen LogP contribution in [0.1, 0.15) is 18.1 Å². The van der Waals surface area contributed by atoms with Crippen molar-refractivity contribution in [3.05, 3.63) is 71.8 Å². The second kappa shape index (κ2) is 9.58. The van der Waals surface area contributed by atoms with Gasteiger partial charge in [-0.05, 0) is 24.5 Å². The zero-order chi connectivity index (χ0) is 18.9. The van der Waals surface area contributed by atoms with Crippen LogP contribution in [0, 0.1) is 0 Å². The van der Waals surface area contributed by atoms with Gasteiger partial charge in [-0.25, -0.2) is 4.79 Å². The fourth-order valence-corrected chi connectivity index (χ4v) is 2.69. The number of carbonyl (C=O) groups excluding carboxylic acids is 1. The van der Waals surface area contributed by atoms with E-state index in [4.69, 9.17) is 5.73 Å². The minimum Gasteiger partial charge on any atom is -0.465 e. The van der Waals surface area contributed by atoms with E-state index in [1.807, 2.05) is 60.7 Å². The van der Waals surface area contributed by atoms with Gasteiger partial charge in [0.1, 0.15) is 0 Å². The van der Waals surface area contributed by atoms with E-state index in [0.29, 0.717) is 6.42 Å². The molecule has 0 spiro atoms. The number of rotatable bonds is 8. The first kappa shape index (κ1) is 19.5. The fraction of sp³-hybridized carbons (Fsp3) is 0.300. The van der Waals surface area contributed by atoms with Crippen LogP contribution in [0.4, 0.5) is 4.79 Å². The maximum Gasteiger partial charge on any atom is 0.407 e. The molecule has 0 saturated carbocycles. The lowest BCUT2D eigenvalue weighted by Gasteiger charge is -2.30. The minimum atomic E-state index is -1.02. The van der Waals surface area contributed by atoms with Crippen LogP contribution >= 0.6 is 0 Å². The van der Waals surface area contributed by atoms with Gasteiger partial charge in [-0.3, -0.25) is 9.69 Å². The van der Waals surface area contributed by atoms with Gasteiger partial charge in [0.05, 0.1) is 12.1 Å². The number of carbonyl (C=O) groups is 2. The van der Waals surface area contributed by atoms with Crippen molar-refractivity contribution in [3.8, 4) is 0 Å². The maximum atomic E-state index is 11.9. The number of nitrogens with zero attached hydrogens (tertiary/aromatic N) is 1. The van der Waals surface area contributed by atoms with E-state index in [9.17, 15) is 14.7 Å². The molecule has 0 unspecified atom stereocenters. The standard InChI is InChI=1S/C20H25N3O3/c1-15(21)19(24)22-13-18(12-16-8-4-2-5-9-16)23(20(25)26)14-17-10-6-3-7-11-17/h2-11,15,18H,12-14,21H2,1H3,(H,22,24)(H,25,26)/t15-,18-/m1/s1. The Kier molecular flexibility index (Phi) is 7.17. The van der Waals surface area contributed by atoms with Gasteiger partial charge in [0.15, 0.2) is 0 Å². The molecule has 2 amide bonds. The van der Waals surface area contributed by atoms with Gasteiger partial charge in [-0.1, -0.05) is 60.7 Å². The molecule has 0 aliphatic rings. The Hall–Kier alpha value is -2.86. The topological polar surface area (TPSA) is 95.7 Å². The maximum absolute atomic E-state index is 11.9. The highest BCUT2D eigenvalue weighted by Crippen LogP contribution is 2.13. The Bertz CT molecular complexity index is 705. The Morgan fingerprint density at radius 3 is 2.08 bits per heavy atom. The molecule has 6 heteroatoms. The molecule has 4 N–H and O–H groups in total. The van der Waals surface area contributed by atoms with Crippen LogP contribution in [-0.2, 0) is 17.8 Å². The molecule has 2 aromatic carbocycles. The van der Waals surface area contributed by atoms with E-state index in [2.05, 4.69) is 5.32 Å². The monoisotopic (exact) mass is 355 g/mol. The summed E-state index contributed by atoms with van der Waals surface area (Å²) in [5, 5.41) is 12.5. The quantitative estimate of drug-likeness (QED) is 0.677. The van der Waals surface area contributed by atoms with Crippen LogP contribution in [0.2, 0.25) is 0 Å². The molecule has 0 radical (unpaired) electrons.